The molecular formula is C25H24N2O8. The average molecular weight is 480 g/mol. The lowest BCUT2D eigenvalue weighted by Gasteiger charge is -2.30. The van der Waals surface area contributed by atoms with E-state index in [4.69, 9.17) is 14.2 Å². The maximum absolute atomic E-state index is 12.8. The van der Waals surface area contributed by atoms with Crippen LogP contribution in [0.4, 0.5) is 11.4 Å². The molecule has 0 N–H and O–H groups in total. The Balaban J connectivity index is 2.14. The highest BCUT2D eigenvalue weighted by molar-refractivity contribution is 6.00. The second-order valence-electron chi connectivity index (χ2n) is 7.56. The molecule has 2 aromatic carbocycles. The molecule has 0 amide bonds. The number of esters is 3. The van der Waals surface area contributed by atoms with E-state index in [0.29, 0.717) is 22.4 Å². The highest BCUT2D eigenvalue weighted by atomic mass is 16.6. The summed E-state index contributed by atoms with van der Waals surface area (Å²) < 4.78 is 14.9. The van der Waals surface area contributed by atoms with E-state index >= 15 is 0 Å². The van der Waals surface area contributed by atoms with Gasteiger partial charge in [0, 0.05) is 29.7 Å². The summed E-state index contributed by atoms with van der Waals surface area (Å²) >= 11 is 0. The normalized spacial score (nSPS) is 13.4. The molecule has 0 fully saturated rings. The van der Waals surface area contributed by atoms with Crippen molar-refractivity contribution in [2.24, 2.45) is 0 Å². The van der Waals surface area contributed by atoms with Gasteiger partial charge in [0.1, 0.15) is 0 Å². The van der Waals surface area contributed by atoms with Gasteiger partial charge in [0.2, 0.25) is 0 Å². The van der Waals surface area contributed by atoms with Gasteiger partial charge in [-0.15, -0.1) is 0 Å². The van der Waals surface area contributed by atoms with Gasteiger partial charge in [-0.2, -0.15) is 0 Å². The first-order valence-corrected chi connectivity index (χ1v) is 10.6. The molecule has 0 aromatic heterocycles. The lowest BCUT2D eigenvalue weighted by Crippen LogP contribution is -2.28. The third-order valence-corrected chi connectivity index (χ3v) is 5.46. The van der Waals surface area contributed by atoms with Crippen LogP contribution in [0.5, 0.6) is 0 Å². The number of rotatable bonds is 7. The number of benzene rings is 2. The molecule has 1 heterocycles. The number of hydrogen-bond acceptors (Lipinski definition) is 9. The monoisotopic (exact) mass is 480 g/mol. The van der Waals surface area contributed by atoms with Gasteiger partial charge < -0.3 is 19.1 Å². The zero-order valence-corrected chi connectivity index (χ0v) is 19.6. The summed E-state index contributed by atoms with van der Waals surface area (Å²) in [6.45, 7) is 3.54. The molecule has 0 aliphatic carbocycles. The molecular weight excluding hydrogens is 456 g/mol. The smallest absolute Gasteiger partial charge is 0.338 e. The zero-order chi connectivity index (χ0) is 25.7. The van der Waals surface area contributed by atoms with E-state index in [0.717, 1.165) is 0 Å². The van der Waals surface area contributed by atoms with Crippen molar-refractivity contribution in [2.75, 3.05) is 25.7 Å². The van der Waals surface area contributed by atoms with Gasteiger partial charge in [0.25, 0.3) is 5.69 Å². The van der Waals surface area contributed by atoms with E-state index in [1.165, 1.54) is 37.6 Å². The summed E-state index contributed by atoms with van der Waals surface area (Å²) in [6.07, 6.45) is 2.96. The topological polar surface area (TPSA) is 125 Å². The number of nitrogens with zero attached hydrogens (tertiary/aromatic N) is 2. The minimum Gasteiger partial charge on any atom is -0.466 e. The molecule has 0 unspecified atom stereocenters. The van der Waals surface area contributed by atoms with Gasteiger partial charge in [0.15, 0.2) is 0 Å². The van der Waals surface area contributed by atoms with Crippen LogP contribution in [-0.4, -0.2) is 43.7 Å². The SMILES string of the molecule is CCOC(=O)c1ccc(N2C=C(C(=O)OC)C(c3ccc(C)c([N+](=O)[O-])c3)C(C(=O)OC)=C2)cc1. The van der Waals surface area contributed by atoms with E-state index in [1.807, 2.05) is 0 Å². The largest absolute Gasteiger partial charge is 0.466 e. The Morgan fingerprint density at radius 1 is 0.943 bits per heavy atom. The van der Waals surface area contributed by atoms with E-state index in [2.05, 4.69) is 0 Å². The maximum atomic E-state index is 12.8. The molecule has 10 heteroatoms. The van der Waals surface area contributed by atoms with Crippen molar-refractivity contribution in [3.05, 3.63) is 92.8 Å². The number of nitro groups is 1. The predicted octanol–water partition coefficient (Wildman–Crippen LogP) is 3.80. The lowest BCUT2D eigenvalue weighted by molar-refractivity contribution is -0.385. The minimum atomic E-state index is -0.968. The van der Waals surface area contributed by atoms with E-state index in [1.54, 1.807) is 50.2 Å². The summed E-state index contributed by atoms with van der Waals surface area (Å²) in [7, 11) is 2.40. The van der Waals surface area contributed by atoms with Gasteiger partial charge in [-0.1, -0.05) is 12.1 Å². The molecule has 0 bridgehead atoms. The Kier molecular flexibility index (Phi) is 7.65. The van der Waals surface area contributed by atoms with Crippen LogP contribution in [0.2, 0.25) is 0 Å². The summed E-state index contributed by atoms with van der Waals surface area (Å²) in [5, 5.41) is 11.5. The van der Waals surface area contributed by atoms with Crippen molar-refractivity contribution in [1.82, 2.24) is 0 Å². The number of aryl methyl sites for hydroxylation is 1. The molecule has 1 aliphatic rings. The molecule has 2 aromatic rings. The number of methoxy groups -OCH3 is 2. The van der Waals surface area contributed by atoms with Gasteiger partial charge in [-0.3, -0.25) is 10.1 Å². The average Bonchev–Trinajstić information content (AvgIpc) is 2.87. The molecule has 3 rings (SSSR count). The molecule has 0 saturated heterocycles. The van der Waals surface area contributed by atoms with Gasteiger partial charge >= 0.3 is 17.9 Å². The minimum absolute atomic E-state index is 0.0722. The third-order valence-electron chi connectivity index (χ3n) is 5.46. The fourth-order valence-corrected chi connectivity index (χ4v) is 3.73. The Hall–Kier alpha value is -4.47. The van der Waals surface area contributed by atoms with Crippen molar-refractivity contribution in [3.8, 4) is 0 Å². The van der Waals surface area contributed by atoms with E-state index < -0.39 is 28.7 Å². The van der Waals surface area contributed by atoms with Gasteiger partial charge in [0.05, 0.1) is 48.4 Å². The highest BCUT2D eigenvalue weighted by Gasteiger charge is 2.36. The first-order chi connectivity index (χ1) is 16.7. The van der Waals surface area contributed by atoms with E-state index in [9.17, 15) is 24.5 Å². The predicted molar refractivity (Wildman–Crippen MR) is 126 cm³/mol. The Morgan fingerprint density at radius 2 is 1.51 bits per heavy atom. The van der Waals surface area contributed by atoms with Crippen molar-refractivity contribution in [1.29, 1.82) is 0 Å². The Labute approximate surface area is 201 Å². The molecule has 10 nitrogen and oxygen atoms in total. The fourth-order valence-electron chi connectivity index (χ4n) is 3.73. The quantitative estimate of drug-likeness (QED) is 0.252. The summed E-state index contributed by atoms with van der Waals surface area (Å²) in [4.78, 5) is 50.0. The highest BCUT2D eigenvalue weighted by Crippen LogP contribution is 2.40. The van der Waals surface area contributed by atoms with Crippen LogP contribution >= 0.6 is 0 Å². The van der Waals surface area contributed by atoms with Crippen LogP contribution in [0.15, 0.2) is 66.0 Å². The number of hydrogen-bond donors (Lipinski definition) is 0. The lowest BCUT2D eigenvalue weighted by atomic mass is 9.82. The number of carbonyl (C=O) groups is 3. The summed E-state index contributed by atoms with van der Waals surface area (Å²) in [5.41, 5.74) is 1.66. The Bertz CT molecular complexity index is 1200. The molecule has 0 spiro atoms. The number of anilines is 1. The summed E-state index contributed by atoms with van der Waals surface area (Å²) in [5.74, 6) is -2.89. The second-order valence-corrected chi connectivity index (χ2v) is 7.56. The van der Waals surface area contributed by atoms with Crippen LogP contribution in [0.25, 0.3) is 0 Å². The number of carbonyl (C=O) groups excluding carboxylic acids is 3. The first kappa shape index (κ1) is 25.2. The summed E-state index contributed by atoms with van der Waals surface area (Å²) in [6, 6.07) is 10.9. The fraction of sp³-hybridized carbons (Fsp3) is 0.240. The van der Waals surface area contributed by atoms with Crippen LogP contribution in [0.3, 0.4) is 0 Å². The van der Waals surface area contributed by atoms with Crippen molar-refractivity contribution < 1.29 is 33.5 Å². The van der Waals surface area contributed by atoms with Crippen LogP contribution in [-0.2, 0) is 23.8 Å². The van der Waals surface area contributed by atoms with Crippen molar-refractivity contribution in [2.45, 2.75) is 19.8 Å². The molecule has 0 radical (unpaired) electrons. The zero-order valence-electron chi connectivity index (χ0n) is 19.6. The standard InChI is InChI=1S/C25H24N2O8/c1-5-35-23(28)16-8-10-18(11-9-16)26-13-19(24(29)33-3)22(20(14-26)25(30)34-4)17-7-6-15(2)21(12-17)27(31)32/h6-14,22H,5H2,1-4H3. The second kappa shape index (κ2) is 10.6. The maximum Gasteiger partial charge on any atom is 0.338 e. The molecule has 0 atom stereocenters. The van der Waals surface area contributed by atoms with Crippen molar-refractivity contribution in [3.63, 3.8) is 0 Å². The van der Waals surface area contributed by atoms with Crippen LogP contribution in [0, 0.1) is 17.0 Å². The van der Waals surface area contributed by atoms with E-state index in [-0.39, 0.29) is 23.4 Å². The first-order valence-electron chi connectivity index (χ1n) is 10.6. The number of ether oxygens (including phenoxy) is 3. The number of nitro benzene ring substituents is 1. The Morgan fingerprint density at radius 3 is 2.00 bits per heavy atom. The van der Waals surface area contributed by atoms with Crippen LogP contribution < -0.4 is 4.90 Å². The van der Waals surface area contributed by atoms with Crippen molar-refractivity contribution >= 4 is 29.3 Å². The van der Waals surface area contributed by atoms with Crippen LogP contribution in [0.1, 0.15) is 34.3 Å². The van der Waals surface area contributed by atoms with Gasteiger partial charge in [-0.25, -0.2) is 14.4 Å². The molecule has 0 saturated carbocycles. The molecule has 182 valence electrons. The van der Waals surface area contributed by atoms with Gasteiger partial charge in [-0.05, 0) is 43.7 Å². The molecule has 1 aliphatic heterocycles. The molecule has 35 heavy (non-hydrogen) atoms. The third kappa shape index (κ3) is 5.21.